The van der Waals surface area contributed by atoms with Crippen molar-refractivity contribution in [3.05, 3.63) is 35.4 Å². The molecule has 3 rings (SSSR count). The Hall–Kier alpha value is -0.530. The molecule has 1 aromatic carbocycles. The highest BCUT2D eigenvalue weighted by molar-refractivity contribution is 6.18. The van der Waals surface area contributed by atoms with Gasteiger partial charge in [0.2, 0.25) is 0 Å². The van der Waals surface area contributed by atoms with Crippen LogP contribution in [0.15, 0.2) is 24.3 Å². The number of halogens is 1. The number of alkyl halides is 1. The second-order valence-corrected chi connectivity index (χ2v) is 6.79. The smallest absolute Gasteiger partial charge is 0.0351 e. The first-order chi connectivity index (χ1) is 9.88. The highest BCUT2D eigenvalue weighted by atomic mass is 35.5. The summed E-state index contributed by atoms with van der Waals surface area (Å²) < 4.78 is 0. The number of benzene rings is 1. The van der Waals surface area contributed by atoms with Crippen molar-refractivity contribution in [3.63, 3.8) is 0 Å². The molecule has 1 aromatic rings. The molecule has 0 saturated heterocycles. The number of hydrogen-bond acceptors (Lipinski definition) is 1. The number of aryl methyl sites for hydroxylation is 1. The Morgan fingerprint density at radius 2 is 1.85 bits per heavy atom. The molecule has 0 bridgehead atoms. The predicted octanol–water partition coefficient (Wildman–Crippen LogP) is 4.59. The Bertz CT molecular complexity index is 425. The zero-order chi connectivity index (χ0) is 13.8. The van der Waals surface area contributed by atoms with E-state index in [9.17, 15) is 0 Å². The van der Waals surface area contributed by atoms with Gasteiger partial charge < -0.3 is 0 Å². The third-order valence-electron chi connectivity index (χ3n) is 5.16. The van der Waals surface area contributed by atoms with Crippen LogP contribution in [0.2, 0.25) is 0 Å². The Balaban J connectivity index is 1.72. The van der Waals surface area contributed by atoms with E-state index in [0.29, 0.717) is 0 Å². The molecular weight excluding hydrogens is 266 g/mol. The van der Waals surface area contributed by atoms with Gasteiger partial charge in [-0.3, -0.25) is 4.90 Å². The van der Waals surface area contributed by atoms with Crippen molar-refractivity contribution >= 4 is 11.6 Å². The second kappa shape index (κ2) is 6.95. The third kappa shape index (κ3) is 3.20. The van der Waals surface area contributed by atoms with Gasteiger partial charge in [0, 0.05) is 25.0 Å². The summed E-state index contributed by atoms with van der Waals surface area (Å²) in [5.74, 6) is 1.49. The van der Waals surface area contributed by atoms with E-state index in [1.807, 2.05) is 0 Å². The summed E-state index contributed by atoms with van der Waals surface area (Å²) in [6.07, 6.45) is 9.54. The monoisotopic (exact) mass is 291 g/mol. The van der Waals surface area contributed by atoms with Gasteiger partial charge in [0.1, 0.15) is 0 Å². The predicted molar refractivity (Wildman–Crippen MR) is 86.7 cm³/mol. The standard InChI is InChI=1S/C18H26ClN/c19-12-13-20(17-9-2-3-10-17)14-16-8-5-7-15-6-1-4-11-18(15)16/h1,4,6,11,16-17H,2-3,5,7-10,12-14H2. The first kappa shape index (κ1) is 14.4. The van der Waals surface area contributed by atoms with Crippen LogP contribution >= 0.6 is 11.6 Å². The Morgan fingerprint density at radius 3 is 2.65 bits per heavy atom. The van der Waals surface area contributed by atoms with E-state index < -0.39 is 0 Å². The van der Waals surface area contributed by atoms with Crippen LogP contribution < -0.4 is 0 Å². The molecule has 1 fully saturated rings. The Kier molecular flexibility index (Phi) is 5.01. The van der Waals surface area contributed by atoms with Crippen LogP contribution in [-0.4, -0.2) is 29.9 Å². The van der Waals surface area contributed by atoms with E-state index in [2.05, 4.69) is 29.2 Å². The molecule has 0 radical (unpaired) electrons. The fraction of sp³-hybridized carbons (Fsp3) is 0.667. The number of hydrogen-bond donors (Lipinski definition) is 0. The van der Waals surface area contributed by atoms with Crippen molar-refractivity contribution < 1.29 is 0 Å². The third-order valence-corrected chi connectivity index (χ3v) is 5.33. The lowest BCUT2D eigenvalue weighted by Crippen LogP contribution is -2.38. The molecular formula is C18H26ClN. The second-order valence-electron chi connectivity index (χ2n) is 6.41. The van der Waals surface area contributed by atoms with Gasteiger partial charge in [0.05, 0.1) is 0 Å². The molecule has 0 amide bonds. The summed E-state index contributed by atoms with van der Waals surface area (Å²) >= 11 is 6.05. The Labute approximate surface area is 128 Å². The maximum atomic E-state index is 6.05. The van der Waals surface area contributed by atoms with Crippen molar-refractivity contribution in [1.82, 2.24) is 4.90 Å². The van der Waals surface area contributed by atoms with Crippen LogP contribution in [0.4, 0.5) is 0 Å². The summed E-state index contributed by atoms with van der Waals surface area (Å²) in [5, 5.41) is 0. The summed E-state index contributed by atoms with van der Waals surface area (Å²) in [7, 11) is 0. The van der Waals surface area contributed by atoms with Gasteiger partial charge in [-0.25, -0.2) is 0 Å². The maximum Gasteiger partial charge on any atom is 0.0351 e. The molecule has 1 nitrogen and oxygen atoms in total. The summed E-state index contributed by atoms with van der Waals surface area (Å²) in [5.41, 5.74) is 3.19. The van der Waals surface area contributed by atoms with Crippen molar-refractivity contribution in [2.24, 2.45) is 0 Å². The van der Waals surface area contributed by atoms with Crippen LogP contribution in [0.3, 0.4) is 0 Å². The molecule has 1 unspecified atom stereocenters. The van der Waals surface area contributed by atoms with Gasteiger partial charge in [-0.05, 0) is 49.1 Å². The van der Waals surface area contributed by atoms with Gasteiger partial charge in [-0.1, -0.05) is 37.1 Å². The summed E-state index contributed by atoms with van der Waals surface area (Å²) in [6.45, 7) is 2.28. The van der Waals surface area contributed by atoms with Crippen molar-refractivity contribution in [2.45, 2.75) is 56.9 Å². The lowest BCUT2D eigenvalue weighted by Gasteiger charge is -2.34. The molecule has 1 saturated carbocycles. The molecule has 20 heavy (non-hydrogen) atoms. The molecule has 110 valence electrons. The molecule has 2 aliphatic carbocycles. The molecule has 0 aliphatic heterocycles. The van der Waals surface area contributed by atoms with Gasteiger partial charge in [-0.15, -0.1) is 11.6 Å². The van der Waals surface area contributed by atoms with Crippen molar-refractivity contribution in [2.75, 3.05) is 19.0 Å². The highest BCUT2D eigenvalue weighted by Crippen LogP contribution is 2.34. The first-order valence-corrected chi connectivity index (χ1v) is 8.80. The summed E-state index contributed by atoms with van der Waals surface area (Å²) in [4.78, 5) is 2.69. The van der Waals surface area contributed by atoms with E-state index in [1.165, 1.54) is 51.5 Å². The summed E-state index contributed by atoms with van der Waals surface area (Å²) in [6, 6.07) is 9.87. The van der Waals surface area contributed by atoms with Gasteiger partial charge in [-0.2, -0.15) is 0 Å². The molecule has 0 aromatic heterocycles. The zero-order valence-electron chi connectivity index (χ0n) is 12.4. The minimum atomic E-state index is 0.726. The van der Waals surface area contributed by atoms with Crippen LogP contribution in [0.5, 0.6) is 0 Å². The van der Waals surface area contributed by atoms with E-state index >= 15 is 0 Å². The Morgan fingerprint density at radius 1 is 1.05 bits per heavy atom. The van der Waals surface area contributed by atoms with E-state index in [-0.39, 0.29) is 0 Å². The van der Waals surface area contributed by atoms with Gasteiger partial charge in [0.25, 0.3) is 0 Å². The van der Waals surface area contributed by atoms with Crippen LogP contribution in [-0.2, 0) is 6.42 Å². The minimum Gasteiger partial charge on any atom is -0.299 e. The number of rotatable bonds is 5. The van der Waals surface area contributed by atoms with E-state index in [4.69, 9.17) is 11.6 Å². The van der Waals surface area contributed by atoms with Gasteiger partial charge >= 0.3 is 0 Å². The SMILES string of the molecule is ClCCN(CC1CCCc2ccccc21)C1CCCC1. The molecule has 1 atom stereocenters. The fourth-order valence-corrected chi connectivity index (χ4v) is 4.35. The average molecular weight is 292 g/mol. The van der Waals surface area contributed by atoms with Gasteiger partial charge in [0.15, 0.2) is 0 Å². The lowest BCUT2D eigenvalue weighted by atomic mass is 9.82. The molecule has 2 aliphatic rings. The van der Waals surface area contributed by atoms with Crippen LogP contribution in [0.25, 0.3) is 0 Å². The molecule has 0 heterocycles. The van der Waals surface area contributed by atoms with Crippen molar-refractivity contribution in [1.29, 1.82) is 0 Å². The number of fused-ring (bicyclic) bond motifs is 1. The molecule has 0 N–H and O–H groups in total. The quantitative estimate of drug-likeness (QED) is 0.717. The topological polar surface area (TPSA) is 3.24 Å². The normalized spacial score (nSPS) is 23.2. The first-order valence-electron chi connectivity index (χ1n) is 8.26. The maximum absolute atomic E-state index is 6.05. The lowest BCUT2D eigenvalue weighted by molar-refractivity contribution is 0.191. The van der Waals surface area contributed by atoms with E-state index in [1.54, 1.807) is 11.1 Å². The number of nitrogens with zero attached hydrogens (tertiary/aromatic N) is 1. The molecule has 0 spiro atoms. The van der Waals surface area contributed by atoms with Crippen LogP contribution in [0, 0.1) is 0 Å². The largest absolute Gasteiger partial charge is 0.299 e. The zero-order valence-corrected chi connectivity index (χ0v) is 13.1. The van der Waals surface area contributed by atoms with E-state index in [0.717, 1.165) is 24.4 Å². The average Bonchev–Trinajstić information content (AvgIpc) is 3.01. The molecule has 2 heteroatoms. The van der Waals surface area contributed by atoms with Crippen molar-refractivity contribution in [3.8, 4) is 0 Å². The minimum absolute atomic E-state index is 0.726. The highest BCUT2D eigenvalue weighted by Gasteiger charge is 2.27. The van der Waals surface area contributed by atoms with Crippen LogP contribution in [0.1, 0.15) is 55.6 Å². The fourth-order valence-electron chi connectivity index (χ4n) is 4.13.